The maximum Gasteiger partial charge on any atom is 0.326 e. The van der Waals surface area contributed by atoms with Crippen LogP contribution in [0, 0.1) is 5.92 Å². The Bertz CT molecular complexity index is 1330. The van der Waals surface area contributed by atoms with Crippen molar-refractivity contribution in [3.05, 3.63) is 18.2 Å². The lowest BCUT2D eigenvalue weighted by molar-refractivity contribution is -0.143. The first-order valence-corrected chi connectivity index (χ1v) is 17.4. The van der Waals surface area contributed by atoms with Gasteiger partial charge in [0.15, 0.2) is 0 Å². The van der Waals surface area contributed by atoms with Gasteiger partial charge in [-0.25, -0.2) is 9.78 Å². The number of aromatic nitrogens is 2. The summed E-state index contributed by atoms with van der Waals surface area (Å²) >= 11 is 0. The third kappa shape index (κ3) is 13.9. The fraction of sp³-hybridized carbons (Fsp3) is 0.688. The van der Waals surface area contributed by atoms with Gasteiger partial charge >= 0.3 is 5.97 Å². The molecule has 1 saturated heterocycles. The second-order valence-corrected chi connectivity index (χ2v) is 13.1. The minimum atomic E-state index is -1.53. The molecular formula is C32H55N11O8. The standard InChI is InChI=1S/C32H55N11O8/c1-18(2)26(36)30(48)42-23(14-19-16-37-17-38-19)31(49)43-13-7-10-24(43)29(47)41-22(15-25(35)44)28(46)39-20(8-3-5-11-33)27(45)40-21(32(50)51)9-4-6-12-34/h16-18,20-24,26H,3-15,33-34,36H2,1-2H3,(H2,35,44)(H,37,38)(H,39,46)(H,40,45)(H,41,47)(H,42,48)(H,50,51)/t20-,21-,22-,23-,24-,26-/m0/s1. The van der Waals surface area contributed by atoms with E-state index in [2.05, 4.69) is 31.2 Å². The van der Waals surface area contributed by atoms with Crippen molar-refractivity contribution in [3.63, 3.8) is 0 Å². The molecule has 1 aliphatic heterocycles. The van der Waals surface area contributed by atoms with Crippen LogP contribution < -0.4 is 44.2 Å². The van der Waals surface area contributed by atoms with Crippen LogP contribution in [-0.2, 0) is 40.0 Å². The fourth-order valence-electron chi connectivity index (χ4n) is 5.63. The van der Waals surface area contributed by atoms with Crippen molar-refractivity contribution in [1.82, 2.24) is 36.1 Å². The topological polar surface area (TPSA) is 324 Å². The Kier molecular flexibility index (Phi) is 18.0. The Morgan fingerprint density at radius 2 is 1.47 bits per heavy atom. The van der Waals surface area contributed by atoms with E-state index < -0.39 is 84.1 Å². The largest absolute Gasteiger partial charge is 0.480 e. The van der Waals surface area contributed by atoms with E-state index in [9.17, 15) is 38.7 Å². The van der Waals surface area contributed by atoms with Crippen LogP contribution in [0.25, 0.3) is 0 Å². The van der Waals surface area contributed by atoms with Gasteiger partial charge < -0.3 is 59.2 Å². The first-order valence-electron chi connectivity index (χ1n) is 17.4. The fourth-order valence-corrected chi connectivity index (χ4v) is 5.63. The molecule has 1 aliphatic rings. The number of aliphatic carboxylic acids is 1. The average Bonchev–Trinajstić information content (AvgIpc) is 3.78. The van der Waals surface area contributed by atoms with E-state index in [1.54, 1.807) is 13.8 Å². The van der Waals surface area contributed by atoms with Crippen molar-refractivity contribution in [2.75, 3.05) is 19.6 Å². The number of hydrogen-bond donors (Lipinski definition) is 10. The summed E-state index contributed by atoms with van der Waals surface area (Å²) in [6, 6.07) is -7.02. The third-order valence-corrected chi connectivity index (χ3v) is 8.63. The molecule has 6 atom stereocenters. The number of carboxylic acids is 1. The van der Waals surface area contributed by atoms with Gasteiger partial charge in [0.25, 0.3) is 0 Å². The number of nitrogens with two attached hydrogens (primary N) is 4. The monoisotopic (exact) mass is 721 g/mol. The van der Waals surface area contributed by atoms with Gasteiger partial charge in [-0.2, -0.15) is 0 Å². The molecule has 1 aromatic rings. The summed E-state index contributed by atoms with van der Waals surface area (Å²) < 4.78 is 0. The minimum Gasteiger partial charge on any atom is -0.480 e. The second-order valence-electron chi connectivity index (χ2n) is 13.1. The van der Waals surface area contributed by atoms with Gasteiger partial charge in [-0.05, 0) is 70.4 Å². The molecule has 2 rings (SSSR count). The predicted molar refractivity (Wildman–Crippen MR) is 185 cm³/mol. The smallest absolute Gasteiger partial charge is 0.326 e. The maximum absolute atomic E-state index is 13.9. The Morgan fingerprint density at radius 1 is 0.882 bits per heavy atom. The summed E-state index contributed by atoms with van der Waals surface area (Å²) in [6.45, 7) is 4.37. The van der Waals surface area contributed by atoms with Gasteiger partial charge in [0.05, 0.1) is 18.8 Å². The summed E-state index contributed by atoms with van der Waals surface area (Å²) in [4.78, 5) is 99.2. The molecule has 0 saturated carbocycles. The Morgan fingerprint density at radius 3 is 2.02 bits per heavy atom. The Balaban J connectivity index is 2.25. The van der Waals surface area contributed by atoms with Crippen LogP contribution in [0.4, 0.5) is 0 Å². The summed E-state index contributed by atoms with van der Waals surface area (Å²) in [6.07, 6.45) is 5.14. The number of carbonyl (C=O) groups excluding carboxylic acids is 6. The highest BCUT2D eigenvalue weighted by Crippen LogP contribution is 2.20. The molecule has 0 bridgehead atoms. The first kappa shape index (κ1) is 42.5. The molecule has 286 valence electrons. The number of nitrogens with one attached hydrogen (secondary N) is 5. The zero-order valence-corrected chi connectivity index (χ0v) is 29.4. The van der Waals surface area contributed by atoms with Crippen molar-refractivity contribution in [1.29, 1.82) is 0 Å². The zero-order valence-electron chi connectivity index (χ0n) is 29.4. The number of primary amides is 1. The molecule has 51 heavy (non-hydrogen) atoms. The van der Waals surface area contributed by atoms with Crippen molar-refractivity contribution >= 4 is 41.4 Å². The number of nitrogens with zero attached hydrogens (tertiary/aromatic N) is 2. The van der Waals surface area contributed by atoms with Crippen LogP contribution in [0.15, 0.2) is 12.5 Å². The number of likely N-dealkylation sites (tertiary alicyclic amines) is 1. The number of imidazole rings is 1. The number of carbonyl (C=O) groups is 7. The summed E-state index contributed by atoms with van der Waals surface area (Å²) in [5.74, 6) is -5.91. The van der Waals surface area contributed by atoms with Gasteiger partial charge in [-0.15, -0.1) is 0 Å². The number of carboxylic acid groups (broad SMARTS) is 1. The SMILES string of the molecule is CC(C)[C@H](N)C(=O)N[C@@H](Cc1cnc[nH]1)C(=O)N1CCC[C@H]1C(=O)N[C@@H](CC(N)=O)C(=O)N[C@@H](CCCCN)C(=O)N[C@@H](CCCCN)C(=O)O. The van der Waals surface area contributed by atoms with Crippen LogP contribution in [-0.4, -0.2) is 117 Å². The van der Waals surface area contributed by atoms with Crippen LogP contribution in [0.2, 0.25) is 0 Å². The third-order valence-electron chi connectivity index (χ3n) is 8.63. The van der Waals surface area contributed by atoms with Crippen LogP contribution in [0.3, 0.4) is 0 Å². The number of H-pyrrole nitrogens is 1. The highest BCUT2D eigenvalue weighted by molar-refractivity contribution is 5.98. The number of aromatic amines is 1. The normalized spacial score (nSPS) is 17.1. The molecule has 0 spiro atoms. The molecular weight excluding hydrogens is 666 g/mol. The molecule has 0 unspecified atom stereocenters. The molecule has 2 heterocycles. The van der Waals surface area contributed by atoms with Gasteiger partial charge in [0.2, 0.25) is 35.4 Å². The molecule has 0 aromatic carbocycles. The van der Waals surface area contributed by atoms with E-state index in [-0.39, 0.29) is 38.1 Å². The number of amides is 6. The van der Waals surface area contributed by atoms with Gasteiger partial charge in [0.1, 0.15) is 30.2 Å². The lowest BCUT2D eigenvalue weighted by atomic mass is 10.0. The zero-order chi connectivity index (χ0) is 38.1. The van der Waals surface area contributed by atoms with Crippen molar-refractivity contribution in [3.8, 4) is 0 Å². The molecule has 19 nitrogen and oxygen atoms in total. The van der Waals surface area contributed by atoms with E-state index in [1.165, 1.54) is 17.4 Å². The molecule has 1 aromatic heterocycles. The lowest BCUT2D eigenvalue weighted by Crippen LogP contribution is -2.59. The highest BCUT2D eigenvalue weighted by Gasteiger charge is 2.40. The van der Waals surface area contributed by atoms with E-state index in [0.29, 0.717) is 50.9 Å². The second kappa shape index (κ2) is 21.6. The van der Waals surface area contributed by atoms with Crippen LogP contribution in [0.1, 0.15) is 77.3 Å². The van der Waals surface area contributed by atoms with Gasteiger partial charge in [-0.3, -0.25) is 28.8 Å². The number of hydrogen-bond acceptors (Lipinski definition) is 11. The van der Waals surface area contributed by atoms with E-state index >= 15 is 0 Å². The minimum absolute atomic E-state index is 0.0380. The van der Waals surface area contributed by atoms with Crippen molar-refractivity contribution in [2.24, 2.45) is 28.9 Å². The lowest BCUT2D eigenvalue weighted by Gasteiger charge is -2.30. The average molecular weight is 722 g/mol. The maximum atomic E-state index is 13.9. The van der Waals surface area contributed by atoms with Gasteiger partial charge in [-0.1, -0.05) is 13.8 Å². The van der Waals surface area contributed by atoms with Crippen molar-refractivity contribution < 1.29 is 38.7 Å². The Labute approximate surface area is 297 Å². The molecule has 1 fully saturated rings. The quantitative estimate of drug-likeness (QED) is 0.0509. The molecule has 0 aliphatic carbocycles. The summed E-state index contributed by atoms with van der Waals surface area (Å²) in [5.41, 5.74) is 23.1. The predicted octanol–water partition coefficient (Wildman–Crippen LogP) is -2.92. The van der Waals surface area contributed by atoms with Crippen LogP contribution in [0.5, 0.6) is 0 Å². The molecule has 14 N–H and O–H groups in total. The molecule has 19 heteroatoms. The first-order chi connectivity index (χ1) is 24.2. The number of unbranched alkanes of at least 4 members (excludes halogenated alkanes) is 2. The molecule has 0 radical (unpaired) electrons. The van der Waals surface area contributed by atoms with E-state index in [1.807, 2.05) is 0 Å². The van der Waals surface area contributed by atoms with Crippen LogP contribution >= 0.6 is 0 Å². The Hall–Kier alpha value is -4.62. The summed E-state index contributed by atoms with van der Waals surface area (Å²) in [5, 5.41) is 19.8. The van der Waals surface area contributed by atoms with Gasteiger partial charge in [0, 0.05) is 24.9 Å². The molecule has 6 amide bonds. The van der Waals surface area contributed by atoms with E-state index in [4.69, 9.17) is 22.9 Å². The van der Waals surface area contributed by atoms with Crippen molar-refractivity contribution in [2.45, 2.75) is 114 Å². The van der Waals surface area contributed by atoms with E-state index in [0.717, 1.165) is 0 Å². The number of rotatable bonds is 23. The highest BCUT2D eigenvalue weighted by atomic mass is 16.4. The summed E-state index contributed by atoms with van der Waals surface area (Å²) in [7, 11) is 0.